The first-order chi connectivity index (χ1) is 11.3. The lowest BCUT2D eigenvalue weighted by Gasteiger charge is -2.06. The van der Waals surface area contributed by atoms with Crippen LogP contribution in [0, 0.1) is 6.92 Å². The van der Waals surface area contributed by atoms with E-state index in [1.54, 1.807) is 14.0 Å². The van der Waals surface area contributed by atoms with Crippen molar-refractivity contribution in [2.45, 2.75) is 6.92 Å². The fourth-order valence-corrected chi connectivity index (χ4v) is 3.43. The molecule has 0 aliphatic heterocycles. The van der Waals surface area contributed by atoms with E-state index in [4.69, 9.17) is 16.3 Å². The molecule has 0 fully saturated rings. The summed E-state index contributed by atoms with van der Waals surface area (Å²) in [5, 5.41) is 6.79. The van der Waals surface area contributed by atoms with Gasteiger partial charge in [-0.3, -0.25) is 9.48 Å². The lowest BCUT2D eigenvalue weighted by atomic mass is 10.1. The summed E-state index contributed by atoms with van der Waals surface area (Å²) < 4.78 is 10.7. The van der Waals surface area contributed by atoms with E-state index in [0.717, 1.165) is 11.3 Å². The van der Waals surface area contributed by atoms with Crippen molar-refractivity contribution in [3.63, 3.8) is 0 Å². The third-order valence-electron chi connectivity index (χ3n) is 3.24. The molecular weight excluding hydrogens is 358 g/mol. The molecule has 0 bridgehead atoms. The Balaban J connectivity index is 2.47. The lowest BCUT2D eigenvalue weighted by molar-refractivity contribution is 0.0601. The summed E-state index contributed by atoms with van der Waals surface area (Å²) in [7, 11) is 4.00. The van der Waals surface area contributed by atoms with Crippen LogP contribution in [0.2, 0.25) is 5.02 Å². The molecule has 0 aliphatic carbocycles. The minimum Gasteiger partial charge on any atom is -0.465 e. The molecule has 2 aromatic heterocycles. The minimum atomic E-state index is -0.676. The number of nitrogens with one attached hydrogen (secondary N) is 1. The van der Waals surface area contributed by atoms with E-state index < -0.39 is 17.8 Å². The van der Waals surface area contributed by atoms with Crippen LogP contribution in [0.25, 0.3) is 0 Å². The molecule has 0 spiro atoms. The van der Waals surface area contributed by atoms with Crippen molar-refractivity contribution in [2.24, 2.45) is 7.05 Å². The Morgan fingerprint density at radius 2 is 1.88 bits per heavy atom. The van der Waals surface area contributed by atoms with Gasteiger partial charge in [-0.1, -0.05) is 11.6 Å². The van der Waals surface area contributed by atoms with Crippen LogP contribution in [0.3, 0.4) is 0 Å². The number of esters is 2. The second-order valence-electron chi connectivity index (χ2n) is 4.66. The van der Waals surface area contributed by atoms with Gasteiger partial charge < -0.3 is 14.8 Å². The maximum atomic E-state index is 12.4. The average Bonchev–Trinajstić information content (AvgIpc) is 3.05. The molecule has 10 heteroatoms. The Hall–Kier alpha value is -2.39. The zero-order valence-electron chi connectivity index (χ0n) is 13.3. The topological polar surface area (TPSA) is 99.5 Å². The van der Waals surface area contributed by atoms with Gasteiger partial charge in [0.15, 0.2) is 0 Å². The number of nitrogens with zero attached hydrogens (tertiary/aromatic N) is 2. The Morgan fingerprint density at radius 3 is 2.38 bits per heavy atom. The molecule has 0 aliphatic rings. The molecule has 24 heavy (non-hydrogen) atoms. The highest BCUT2D eigenvalue weighted by atomic mass is 35.5. The summed E-state index contributed by atoms with van der Waals surface area (Å²) in [5.41, 5.74) is 0.581. The Bertz CT molecular complexity index is 807. The van der Waals surface area contributed by atoms with Gasteiger partial charge in [0.25, 0.3) is 5.91 Å². The van der Waals surface area contributed by atoms with Crippen molar-refractivity contribution in [1.82, 2.24) is 9.78 Å². The third-order valence-corrected chi connectivity index (χ3v) is 4.71. The van der Waals surface area contributed by atoms with Crippen LogP contribution in [0.4, 0.5) is 5.00 Å². The van der Waals surface area contributed by atoms with Crippen molar-refractivity contribution < 1.29 is 23.9 Å². The second kappa shape index (κ2) is 7.02. The Labute approximate surface area is 146 Å². The smallest absolute Gasteiger partial charge is 0.348 e. The summed E-state index contributed by atoms with van der Waals surface area (Å²) in [5.74, 6) is -1.85. The largest absolute Gasteiger partial charge is 0.465 e. The highest BCUT2D eigenvalue weighted by molar-refractivity contribution is 7.18. The van der Waals surface area contributed by atoms with E-state index in [-0.39, 0.29) is 26.2 Å². The molecule has 0 radical (unpaired) electrons. The van der Waals surface area contributed by atoms with Crippen molar-refractivity contribution in [3.05, 3.63) is 32.9 Å². The van der Waals surface area contributed by atoms with E-state index in [0.29, 0.717) is 5.56 Å². The number of aryl methyl sites for hydroxylation is 1. The molecule has 1 amide bonds. The lowest BCUT2D eigenvalue weighted by Crippen LogP contribution is -2.18. The number of hydrogen-bond acceptors (Lipinski definition) is 7. The van der Waals surface area contributed by atoms with Crippen molar-refractivity contribution in [3.8, 4) is 0 Å². The van der Waals surface area contributed by atoms with Crippen LogP contribution in [0.5, 0.6) is 0 Å². The van der Waals surface area contributed by atoms with Gasteiger partial charge in [-0.2, -0.15) is 5.10 Å². The number of thiophene rings is 1. The molecule has 2 rings (SSSR count). The number of carbonyl (C=O) groups excluding carboxylic acids is 3. The van der Waals surface area contributed by atoms with Gasteiger partial charge in [0.05, 0.1) is 31.0 Å². The van der Waals surface area contributed by atoms with Crippen molar-refractivity contribution in [2.75, 3.05) is 19.5 Å². The third kappa shape index (κ3) is 3.13. The number of amides is 1. The van der Waals surface area contributed by atoms with E-state index in [2.05, 4.69) is 15.2 Å². The number of hydrogen-bond donors (Lipinski definition) is 1. The fraction of sp³-hybridized carbons (Fsp3) is 0.286. The van der Waals surface area contributed by atoms with Gasteiger partial charge in [0.2, 0.25) is 0 Å². The number of carbonyl (C=O) groups is 3. The highest BCUT2D eigenvalue weighted by Crippen LogP contribution is 2.34. The molecule has 0 aromatic carbocycles. The van der Waals surface area contributed by atoms with Crippen LogP contribution in [-0.2, 0) is 16.5 Å². The Kier molecular flexibility index (Phi) is 5.25. The standard InChI is InChI=1S/C14H14ClN3O5S/c1-6-8(13(20)22-3)12(24-10(6)14(21)23-4)17-11(19)9-7(15)5-16-18(9)2/h5H,1-4H3,(H,17,19). The molecule has 0 atom stereocenters. The molecule has 1 N–H and O–H groups in total. The molecule has 128 valence electrons. The summed E-state index contributed by atoms with van der Waals surface area (Å²) in [4.78, 5) is 36.5. The number of aromatic nitrogens is 2. The maximum Gasteiger partial charge on any atom is 0.348 e. The van der Waals surface area contributed by atoms with Gasteiger partial charge in [-0.25, -0.2) is 9.59 Å². The predicted molar refractivity (Wildman–Crippen MR) is 87.9 cm³/mol. The van der Waals surface area contributed by atoms with Crippen LogP contribution >= 0.6 is 22.9 Å². The first-order valence-electron chi connectivity index (χ1n) is 6.60. The van der Waals surface area contributed by atoms with Gasteiger partial charge in [-0.15, -0.1) is 11.3 Å². The number of methoxy groups -OCH3 is 2. The van der Waals surface area contributed by atoms with E-state index >= 15 is 0 Å². The van der Waals surface area contributed by atoms with Crippen LogP contribution in [0.15, 0.2) is 6.20 Å². The number of halogens is 1. The SMILES string of the molecule is COC(=O)c1sc(NC(=O)c2c(Cl)cnn2C)c(C(=O)OC)c1C. The molecule has 2 heterocycles. The van der Waals surface area contributed by atoms with Crippen LogP contribution in [-0.4, -0.2) is 41.8 Å². The van der Waals surface area contributed by atoms with E-state index in [1.807, 2.05) is 0 Å². The molecule has 0 saturated carbocycles. The molecule has 0 saturated heterocycles. The normalized spacial score (nSPS) is 10.4. The zero-order valence-corrected chi connectivity index (χ0v) is 14.9. The number of ether oxygens (including phenoxy) is 2. The second-order valence-corrected chi connectivity index (χ2v) is 6.09. The van der Waals surface area contributed by atoms with Gasteiger partial charge in [0, 0.05) is 7.05 Å². The van der Waals surface area contributed by atoms with E-state index in [1.165, 1.54) is 25.1 Å². The zero-order chi connectivity index (χ0) is 18.0. The highest BCUT2D eigenvalue weighted by Gasteiger charge is 2.28. The fourth-order valence-electron chi connectivity index (χ4n) is 2.07. The number of anilines is 1. The molecule has 2 aromatic rings. The van der Waals surface area contributed by atoms with Crippen LogP contribution < -0.4 is 5.32 Å². The molecular formula is C14H14ClN3O5S. The first kappa shape index (κ1) is 18.0. The molecule has 0 unspecified atom stereocenters. The van der Waals surface area contributed by atoms with E-state index in [9.17, 15) is 14.4 Å². The summed E-state index contributed by atoms with van der Waals surface area (Å²) in [6.45, 7) is 1.57. The van der Waals surface area contributed by atoms with Crippen molar-refractivity contribution >= 4 is 45.8 Å². The van der Waals surface area contributed by atoms with Crippen molar-refractivity contribution in [1.29, 1.82) is 0 Å². The monoisotopic (exact) mass is 371 g/mol. The predicted octanol–water partition coefficient (Wildman–Crippen LogP) is 2.27. The van der Waals surface area contributed by atoms with Gasteiger partial charge >= 0.3 is 11.9 Å². The van der Waals surface area contributed by atoms with Gasteiger partial charge in [-0.05, 0) is 12.5 Å². The molecule has 8 nitrogen and oxygen atoms in total. The minimum absolute atomic E-state index is 0.0922. The van der Waals surface area contributed by atoms with Gasteiger partial charge in [0.1, 0.15) is 15.6 Å². The average molecular weight is 372 g/mol. The quantitative estimate of drug-likeness (QED) is 0.827. The maximum absolute atomic E-state index is 12.4. The summed E-state index contributed by atoms with van der Waals surface area (Å²) in [6, 6.07) is 0. The van der Waals surface area contributed by atoms with Crippen LogP contribution in [0.1, 0.15) is 36.1 Å². The number of rotatable bonds is 4. The Morgan fingerprint density at radius 1 is 1.25 bits per heavy atom. The summed E-state index contributed by atoms with van der Waals surface area (Å²) >= 11 is 6.86. The summed E-state index contributed by atoms with van der Waals surface area (Å²) in [6.07, 6.45) is 1.33. The first-order valence-corrected chi connectivity index (χ1v) is 7.80.